The molecule has 104 valence electrons. The molecule has 0 saturated carbocycles. The van der Waals surface area contributed by atoms with E-state index in [0.717, 1.165) is 18.8 Å². The van der Waals surface area contributed by atoms with Gasteiger partial charge in [-0.25, -0.2) is 13.1 Å². The van der Waals surface area contributed by atoms with E-state index >= 15 is 0 Å². The average Bonchev–Trinajstić information content (AvgIpc) is 2.22. The Bertz CT molecular complexity index is 263. The third kappa shape index (κ3) is 13.8. The second-order valence-electron chi connectivity index (χ2n) is 5.12. The van der Waals surface area contributed by atoms with Crippen molar-refractivity contribution < 1.29 is 8.42 Å². The maximum Gasteiger partial charge on any atom is 0.208 e. The van der Waals surface area contributed by atoms with Gasteiger partial charge >= 0.3 is 0 Å². The molecule has 1 atom stereocenters. The number of rotatable bonds is 11. The van der Waals surface area contributed by atoms with Crippen molar-refractivity contribution in [2.45, 2.75) is 65.2 Å². The lowest BCUT2D eigenvalue weighted by Gasteiger charge is -2.10. The zero-order valence-electron chi connectivity index (χ0n) is 11.7. The number of hydrogen-bond donors (Lipinski definition) is 1. The third-order valence-corrected chi connectivity index (χ3v) is 3.77. The second kappa shape index (κ2) is 9.89. The van der Waals surface area contributed by atoms with Gasteiger partial charge in [0.25, 0.3) is 0 Å². The van der Waals surface area contributed by atoms with E-state index in [-0.39, 0.29) is 0 Å². The van der Waals surface area contributed by atoms with Gasteiger partial charge in [-0.15, -0.1) is 0 Å². The minimum absolute atomic E-state index is 0.585. The van der Waals surface area contributed by atoms with Crippen LogP contribution in [-0.4, -0.2) is 21.2 Å². The Balaban J connectivity index is 3.30. The summed E-state index contributed by atoms with van der Waals surface area (Å²) in [4.78, 5) is 0. The summed E-state index contributed by atoms with van der Waals surface area (Å²) < 4.78 is 24.2. The van der Waals surface area contributed by atoms with Gasteiger partial charge in [-0.3, -0.25) is 0 Å². The Hall–Kier alpha value is -0.0900. The van der Waals surface area contributed by atoms with Gasteiger partial charge < -0.3 is 0 Å². The molecule has 0 spiro atoms. The van der Waals surface area contributed by atoms with Crippen molar-refractivity contribution in [3.05, 3.63) is 0 Å². The zero-order chi connectivity index (χ0) is 13.1. The molecular weight excluding hydrogens is 234 g/mol. The monoisotopic (exact) mass is 263 g/mol. The van der Waals surface area contributed by atoms with E-state index < -0.39 is 10.0 Å². The summed E-state index contributed by atoms with van der Waals surface area (Å²) in [6, 6.07) is 0. The van der Waals surface area contributed by atoms with Crippen molar-refractivity contribution in [2.24, 2.45) is 5.92 Å². The van der Waals surface area contributed by atoms with Crippen molar-refractivity contribution in [1.29, 1.82) is 0 Å². The van der Waals surface area contributed by atoms with Crippen molar-refractivity contribution in [3.63, 3.8) is 0 Å². The smallest absolute Gasteiger partial charge is 0.208 e. The maximum absolute atomic E-state index is 10.8. The van der Waals surface area contributed by atoms with Gasteiger partial charge in [0.1, 0.15) is 0 Å². The van der Waals surface area contributed by atoms with Gasteiger partial charge in [-0.2, -0.15) is 0 Å². The Morgan fingerprint density at radius 1 is 1.00 bits per heavy atom. The molecule has 0 aromatic carbocycles. The van der Waals surface area contributed by atoms with Crippen LogP contribution in [0.1, 0.15) is 65.2 Å². The maximum atomic E-state index is 10.8. The Kier molecular flexibility index (Phi) is 9.84. The van der Waals surface area contributed by atoms with E-state index in [0.29, 0.717) is 6.54 Å². The van der Waals surface area contributed by atoms with Gasteiger partial charge in [0, 0.05) is 6.54 Å². The first-order valence-corrected chi connectivity index (χ1v) is 8.79. The predicted octanol–water partition coefficient (Wildman–Crippen LogP) is 3.31. The highest BCUT2D eigenvalue weighted by Crippen LogP contribution is 2.16. The molecule has 3 nitrogen and oxygen atoms in total. The summed E-state index contributed by atoms with van der Waals surface area (Å²) in [5, 5.41) is 0. The van der Waals surface area contributed by atoms with Crippen LogP contribution in [0.3, 0.4) is 0 Å². The van der Waals surface area contributed by atoms with Crippen LogP contribution in [0.5, 0.6) is 0 Å². The minimum atomic E-state index is -3.00. The van der Waals surface area contributed by atoms with Crippen LogP contribution in [0.25, 0.3) is 0 Å². The fourth-order valence-electron chi connectivity index (χ4n) is 1.94. The zero-order valence-corrected chi connectivity index (χ0v) is 12.5. The molecule has 0 saturated heterocycles. The highest BCUT2D eigenvalue weighted by molar-refractivity contribution is 7.88. The molecule has 0 heterocycles. The van der Waals surface area contributed by atoms with Gasteiger partial charge in [0.15, 0.2) is 0 Å². The Morgan fingerprint density at radius 3 is 2.12 bits per heavy atom. The van der Waals surface area contributed by atoms with E-state index in [2.05, 4.69) is 18.6 Å². The van der Waals surface area contributed by atoms with Crippen LogP contribution < -0.4 is 4.72 Å². The van der Waals surface area contributed by atoms with Gasteiger partial charge in [0.05, 0.1) is 6.26 Å². The summed E-state index contributed by atoms with van der Waals surface area (Å²) in [7, 11) is -3.00. The summed E-state index contributed by atoms with van der Waals surface area (Å²) in [6.45, 7) is 5.12. The molecule has 0 amide bonds. The fraction of sp³-hybridized carbons (Fsp3) is 1.00. The first-order chi connectivity index (χ1) is 7.95. The van der Waals surface area contributed by atoms with Crippen molar-refractivity contribution in [2.75, 3.05) is 12.8 Å². The first kappa shape index (κ1) is 16.9. The van der Waals surface area contributed by atoms with Gasteiger partial charge in [-0.1, -0.05) is 58.8 Å². The summed E-state index contributed by atoms with van der Waals surface area (Å²) in [5.74, 6) is 0.782. The van der Waals surface area contributed by atoms with Crippen molar-refractivity contribution >= 4 is 10.0 Å². The quantitative estimate of drug-likeness (QED) is 0.581. The van der Waals surface area contributed by atoms with E-state index in [4.69, 9.17) is 0 Å². The molecule has 0 radical (unpaired) electrons. The summed E-state index contributed by atoms with van der Waals surface area (Å²) in [5.41, 5.74) is 0. The molecule has 0 aliphatic heterocycles. The van der Waals surface area contributed by atoms with Gasteiger partial charge in [-0.05, 0) is 12.3 Å². The molecule has 0 aliphatic rings. The lowest BCUT2D eigenvalue weighted by molar-refractivity contribution is 0.440. The Labute approximate surface area is 107 Å². The van der Waals surface area contributed by atoms with Crippen LogP contribution >= 0.6 is 0 Å². The van der Waals surface area contributed by atoms with Crippen LogP contribution in [0.4, 0.5) is 0 Å². The normalized spacial score (nSPS) is 13.8. The number of hydrogen-bond acceptors (Lipinski definition) is 2. The SMILES string of the molecule is CCCCCCC(C)CCCCNS(C)(=O)=O. The molecular formula is C13H29NO2S. The lowest BCUT2D eigenvalue weighted by atomic mass is 9.97. The minimum Gasteiger partial charge on any atom is -0.215 e. The van der Waals surface area contributed by atoms with E-state index in [1.54, 1.807) is 0 Å². The molecule has 17 heavy (non-hydrogen) atoms. The molecule has 1 N–H and O–H groups in total. The van der Waals surface area contributed by atoms with Crippen LogP contribution in [0.15, 0.2) is 0 Å². The van der Waals surface area contributed by atoms with Crippen LogP contribution in [0.2, 0.25) is 0 Å². The standard InChI is InChI=1S/C13H29NO2S/c1-4-5-6-7-10-13(2)11-8-9-12-14-17(3,15)16/h13-14H,4-12H2,1-3H3. The molecule has 4 heteroatoms. The molecule has 0 bridgehead atoms. The number of nitrogens with one attached hydrogen (secondary N) is 1. The molecule has 0 aliphatic carbocycles. The number of sulfonamides is 1. The third-order valence-electron chi connectivity index (χ3n) is 3.04. The molecule has 1 unspecified atom stereocenters. The van der Waals surface area contributed by atoms with Crippen LogP contribution in [-0.2, 0) is 10.0 Å². The van der Waals surface area contributed by atoms with E-state index in [9.17, 15) is 8.42 Å². The first-order valence-electron chi connectivity index (χ1n) is 6.90. The van der Waals surface area contributed by atoms with Crippen molar-refractivity contribution in [1.82, 2.24) is 4.72 Å². The Morgan fingerprint density at radius 2 is 1.59 bits per heavy atom. The molecule has 0 rings (SSSR count). The van der Waals surface area contributed by atoms with E-state index in [1.165, 1.54) is 44.8 Å². The van der Waals surface area contributed by atoms with E-state index in [1.807, 2.05) is 0 Å². The average molecular weight is 263 g/mol. The molecule has 0 aromatic heterocycles. The predicted molar refractivity (Wildman–Crippen MR) is 74.6 cm³/mol. The second-order valence-corrected chi connectivity index (χ2v) is 6.95. The lowest BCUT2D eigenvalue weighted by Crippen LogP contribution is -2.22. The summed E-state index contributed by atoms with van der Waals surface area (Å²) >= 11 is 0. The fourth-order valence-corrected chi connectivity index (χ4v) is 2.45. The molecule has 0 aromatic rings. The molecule has 0 fully saturated rings. The van der Waals surface area contributed by atoms with Crippen LogP contribution in [0, 0.1) is 5.92 Å². The topological polar surface area (TPSA) is 46.2 Å². The number of unbranched alkanes of at least 4 members (excludes halogenated alkanes) is 4. The van der Waals surface area contributed by atoms with Gasteiger partial charge in [0.2, 0.25) is 10.0 Å². The van der Waals surface area contributed by atoms with Crippen molar-refractivity contribution in [3.8, 4) is 0 Å². The largest absolute Gasteiger partial charge is 0.215 e. The summed E-state index contributed by atoms with van der Waals surface area (Å²) in [6.07, 6.45) is 11.2. The highest BCUT2D eigenvalue weighted by atomic mass is 32.2. The highest BCUT2D eigenvalue weighted by Gasteiger charge is 2.03.